The first-order valence-corrected chi connectivity index (χ1v) is 7.08. The van der Waals surface area contributed by atoms with Crippen molar-refractivity contribution < 1.29 is 9.59 Å². The summed E-state index contributed by atoms with van der Waals surface area (Å²) < 4.78 is 0. The highest BCUT2D eigenvalue weighted by molar-refractivity contribution is 6.30. The number of nitrogens with one attached hydrogen (secondary N) is 1. The van der Waals surface area contributed by atoms with Gasteiger partial charge in [-0.3, -0.25) is 9.69 Å². The van der Waals surface area contributed by atoms with Gasteiger partial charge in [-0.25, -0.2) is 4.79 Å². The zero-order valence-corrected chi connectivity index (χ0v) is 12.5. The summed E-state index contributed by atoms with van der Waals surface area (Å²) >= 11 is 5.83. The number of hydrogen-bond donors (Lipinski definition) is 1. The molecule has 2 aromatic rings. The van der Waals surface area contributed by atoms with E-state index in [0.29, 0.717) is 23.9 Å². The summed E-state index contributed by atoms with van der Waals surface area (Å²) in [5.41, 5.74) is 0.745. The number of halogens is 1. The van der Waals surface area contributed by atoms with E-state index in [1.807, 2.05) is 0 Å². The van der Waals surface area contributed by atoms with Crippen LogP contribution in [-0.4, -0.2) is 50.1 Å². The lowest BCUT2D eigenvalue weighted by Gasteiger charge is -2.16. The van der Waals surface area contributed by atoms with E-state index in [1.54, 1.807) is 31.2 Å². The van der Waals surface area contributed by atoms with E-state index in [-0.39, 0.29) is 5.91 Å². The maximum atomic E-state index is 12.3. The third-order valence-corrected chi connectivity index (χ3v) is 3.61. The van der Waals surface area contributed by atoms with Gasteiger partial charge in [-0.2, -0.15) is 4.80 Å². The first-order valence-electron chi connectivity index (χ1n) is 6.71. The van der Waals surface area contributed by atoms with Crippen molar-refractivity contribution in [2.75, 3.05) is 13.1 Å². The topological polar surface area (TPSA) is 93.0 Å². The Morgan fingerprint density at radius 3 is 2.73 bits per heavy atom. The zero-order valence-electron chi connectivity index (χ0n) is 11.7. The molecule has 9 heteroatoms. The number of urea groups is 1. The van der Waals surface area contributed by atoms with Gasteiger partial charge in [0.25, 0.3) is 5.91 Å². The van der Waals surface area contributed by atoms with Gasteiger partial charge < -0.3 is 5.32 Å². The van der Waals surface area contributed by atoms with Gasteiger partial charge in [0, 0.05) is 23.7 Å². The smallest absolute Gasteiger partial charge is 0.324 e. The number of imide groups is 1. The molecule has 1 aromatic carbocycles. The number of aromatic nitrogens is 4. The molecule has 1 atom stereocenters. The molecule has 1 aromatic heterocycles. The van der Waals surface area contributed by atoms with Gasteiger partial charge in [-0.15, -0.1) is 10.2 Å². The average molecular weight is 321 g/mol. The molecule has 0 bridgehead atoms. The number of benzene rings is 1. The molecule has 3 amide bonds. The van der Waals surface area contributed by atoms with E-state index < -0.39 is 12.1 Å². The minimum atomic E-state index is -0.711. The minimum absolute atomic E-state index is 0.348. The van der Waals surface area contributed by atoms with Gasteiger partial charge in [0.15, 0.2) is 0 Å². The van der Waals surface area contributed by atoms with E-state index in [0.717, 1.165) is 10.5 Å². The minimum Gasteiger partial charge on any atom is -0.336 e. The molecule has 1 fully saturated rings. The Balaban J connectivity index is 1.79. The third kappa shape index (κ3) is 2.64. The van der Waals surface area contributed by atoms with E-state index in [1.165, 1.54) is 4.80 Å². The van der Waals surface area contributed by atoms with Gasteiger partial charge in [0.2, 0.25) is 5.82 Å². The molecule has 2 heterocycles. The normalized spacial score (nSPS) is 15.7. The molecule has 0 unspecified atom stereocenters. The third-order valence-electron chi connectivity index (χ3n) is 3.36. The van der Waals surface area contributed by atoms with Crippen LogP contribution in [0.5, 0.6) is 0 Å². The predicted molar refractivity (Wildman–Crippen MR) is 78.1 cm³/mol. The van der Waals surface area contributed by atoms with Crippen molar-refractivity contribution >= 4 is 23.5 Å². The van der Waals surface area contributed by atoms with Crippen LogP contribution >= 0.6 is 11.6 Å². The highest BCUT2D eigenvalue weighted by Gasteiger charge is 2.31. The summed E-state index contributed by atoms with van der Waals surface area (Å²) in [6, 6.07) is 5.88. The van der Waals surface area contributed by atoms with Crippen LogP contribution in [0.15, 0.2) is 24.3 Å². The SMILES string of the molecule is C[C@H](C(=O)N1CCNC1=O)n1nnc(-c2ccc(Cl)cc2)n1. The van der Waals surface area contributed by atoms with Gasteiger partial charge in [0.1, 0.15) is 6.04 Å². The Morgan fingerprint density at radius 1 is 1.36 bits per heavy atom. The van der Waals surface area contributed by atoms with Crippen LogP contribution in [-0.2, 0) is 4.79 Å². The highest BCUT2D eigenvalue weighted by Crippen LogP contribution is 2.18. The average Bonchev–Trinajstić information content (AvgIpc) is 3.15. The fourth-order valence-electron chi connectivity index (χ4n) is 2.11. The van der Waals surface area contributed by atoms with Crippen molar-refractivity contribution in [1.82, 2.24) is 30.4 Å². The second-order valence-corrected chi connectivity index (χ2v) is 5.27. The van der Waals surface area contributed by atoms with Crippen LogP contribution in [0.25, 0.3) is 11.4 Å². The van der Waals surface area contributed by atoms with Crippen molar-refractivity contribution in [2.45, 2.75) is 13.0 Å². The molecule has 114 valence electrons. The summed E-state index contributed by atoms with van der Waals surface area (Å²) in [6.45, 7) is 2.43. The molecule has 1 aliphatic heterocycles. The van der Waals surface area contributed by atoms with Crippen molar-refractivity contribution in [2.24, 2.45) is 0 Å². The lowest BCUT2D eigenvalue weighted by atomic mass is 10.2. The van der Waals surface area contributed by atoms with Crippen LogP contribution < -0.4 is 5.32 Å². The molecule has 1 aliphatic rings. The van der Waals surface area contributed by atoms with Gasteiger partial charge in [-0.05, 0) is 36.4 Å². The summed E-state index contributed by atoms with van der Waals surface area (Å²) in [4.78, 5) is 26.1. The van der Waals surface area contributed by atoms with E-state index in [4.69, 9.17) is 11.6 Å². The largest absolute Gasteiger partial charge is 0.336 e. The Hall–Kier alpha value is -2.48. The van der Waals surface area contributed by atoms with Crippen molar-refractivity contribution in [3.63, 3.8) is 0 Å². The standard InChI is InChI=1S/C13H13ClN6O2/c1-8(12(21)19-7-6-15-13(19)22)20-17-11(16-18-20)9-2-4-10(14)5-3-9/h2-5,8H,6-7H2,1H3,(H,15,22)/t8-/m1/s1. The summed E-state index contributed by atoms with van der Waals surface area (Å²) in [5, 5.41) is 15.2. The molecule has 0 saturated carbocycles. The Bertz CT molecular complexity index is 714. The van der Waals surface area contributed by atoms with Crippen LogP contribution in [0.2, 0.25) is 5.02 Å². The predicted octanol–water partition coefficient (Wildman–Crippen LogP) is 1.11. The van der Waals surface area contributed by atoms with Crippen molar-refractivity contribution in [1.29, 1.82) is 0 Å². The molecule has 1 saturated heterocycles. The van der Waals surface area contributed by atoms with E-state index in [9.17, 15) is 9.59 Å². The molecule has 0 aliphatic carbocycles. The molecular weight excluding hydrogens is 308 g/mol. The number of amides is 3. The highest BCUT2D eigenvalue weighted by atomic mass is 35.5. The van der Waals surface area contributed by atoms with Crippen LogP contribution in [0, 0.1) is 0 Å². The zero-order chi connectivity index (χ0) is 15.7. The number of tetrazole rings is 1. The summed E-state index contributed by atoms with van der Waals surface area (Å²) in [5.74, 6) is 0.0252. The van der Waals surface area contributed by atoms with Gasteiger partial charge in [-0.1, -0.05) is 11.6 Å². The molecule has 0 radical (unpaired) electrons. The number of nitrogens with zero attached hydrogens (tertiary/aromatic N) is 5. The molecular formula is C13H13ClN6O2. The van der Waals surface area contributed by atoms with Crippen molar-refractivity contribution in [3.05, 3.63) is 29.3 Å². The number of hydrogen-bond acceptors (Lipinski definition) is 5. The van der Waals surface area contributed by atoms with Gasteiger partial charge >= 0.3 is 6.03 Å². The first-order chi connectivity index (χ1) is 10.6. The van der Waals surface area contributed by atoms with Crippen molar-refractivity contribution in [3.8, 4) is 11.4 Å². The molecule has 0 spiro atoms. The fraction of sp³-hybridized carbons (Fsp3) is 0.308. The maximum Gasteiger partial charge on any atom is 0.324 e. The number of carbonyl (C=O) groups is 2. The van der Waals surface area contributed by atoms with E-state index >= 15 is 0 Å². The Morgan fingerprint density at radius 2 is 2.09 bits per heavy atom. The Labute approximate surface area is 131 Å². The summed E-state index contributed by atoms with van der Waals surface area (Å²) in [7, 11) is 0. The molecule has 8 nitrogen and oxygen atoms in total. The van der Waals surface area contributed by atoms with Crippen LogP contribution in [0.4, 0.5) is 4.79 Å². The Kier molecular flexibility index (Phi) is 3.76. The monoisotopic (exact) mass is 320 g/mol. The lowest BCUT2D eigenvalue weighted by molar-refractivity contribution is -0.131. The molecule has 3 rings (SSSR count). The first kappa shape index (κ1) is 14.5. The second kappa shape index (κ2) is 5.72. The van der Waals surface area contributed by atoms with Crippen LogP contribution in [0.1, 0.15) is 13.0 Å². The molecule has 22 heavy (non-hydrogen) atoms. The fourth-order valence-corrected chi connectivity index (χ4v) is 2.24. The number of carbonyl (C=O) groups excluding carboxylic acids is 2. The van der Waals surface area contributed by atoms with Gasteiger partial charge in [0.05, 0.1) is 0 Å². The van der Waals surface area contributed by atoms with Crippen LogP contribution in [0.3, 0.4) is 0 Å². The number of rotatable bonds is 3. The lowest BCUT2D eigenvalue weighted by Crippen LogP contribution is -2.39. The second-order valence-electron chi connectivity index (χ2n) is 4.84. The van der Waals surface area contributed by atoms with E-state index in [2.05, 4.69) is 20.7 Å². The summed E-state index contributed by atoms with van der Waals surface area (Å²) in [6.07, 6.45) is 0. The molecule has 1 N–H and O–H groups in total. The maximum absolute atomic E-state index is 12.3. The quantitative estimate of drug-likeness (QED) is 0.914.